The van der Waals surface area contributed by atoms with Crippen LogP contribution in [0.2, 0.25) is 0 Å². The van der Waals surface area contributed by atoms with Gasteiger partial charge in [-0.15, -0.1) is 0 Å². The Morgan fingerprint density at radius 2 is 1.02 bits per heavy atom. The summed E-state index contributed by atoms with van der Waals surface area (Å²) in [6.45, 7) is 0.186. The summed E-state index contributed by atoms with van der Waals surface area (Å²) in [5.74, 6) is 0. The average molecular weight is 568 g/mol. The predicted octanol–water partition coefficient (Wildman–Crippen LogP) is 8.43. The van der Waals surface area contributed by atoms with E-state index in [0.717, 1.165) is 21.9 Å². The van der Waals surface area contributed by atoms with Crippen molar-refractivity contribution in [2.45, 2.75) is 5.41 Å². The first-order valence-electron chi connectivity index (χ1n) is 15.8. The minimum absolute atomic E-state index is 0.186. The molecule has 2 aliphatic heterocycles. The molecule has 1 aromatic heterocycles. The van der Waals surface area contributed by atoms with Crippen LogP contribution in [0.3, 0.4) is 0 Å². The lowest BCUT2D eigenvalue weighted by molar-refractivity contribution is 0.669. The van der Waals surface area contributed by atoms with Gasteiger partial charge in [0.05, 0.1) is 5.41 Å². The molecule has 0 radical (unpaired) electrons. The van der Waals surface area contributed by atoms with Crippen LogP contribution in [0.1, 0.15) is 22.3 Å². The third-order valence-corrected chi connectivity index (χ3v) is 10.8. The minimum Gasteiger partial charge on any atom is -0.456 e. The molecule has 0 saturated heterocycles. The molecule has 45 heavy (non-hydrogen) atoms. The Bertz CT molecular complexity index is 2520. The van der Waals surface area contributed by atoms with Crippen molar-refractivity contribution in [3.63, 3.8) is 0 Å². The van der Waals surface area contributed by atoms with Crippen molar-refractivity contribution in [3.8, 4) is 33.4 Å². The molecule has 0 amide bonds. The van der Waals surface area contributed by atoms with E-state index in [9.17, 15) is 0 Å². The van der Waals surface area contributed by atoms with Crippen LogP contribution in [-0.2, 0) is 5.41 Å². The number of benzene rings is 7. The van der Waals surface area contributed by atoms with Crippen molar-refractivity contribution < 1.29 is 4.42 Å². The maximum absolute atomic E-state index is 6.15. The molecule has 3 aliphatic rings. The van der Waals surface area contributed by atoms with Gasteiger partial charge in [-0.3, -0.25) is 0 Å². The second-order valence-electron chi connectivity index (χ2n) is 12.7. The van der Waals surface area contributed by atoms with Crippen LogP contribution in [0.15, 0.2) is 156 Å². The summed E-state index contributed by atoms with van der Waals surface area (Å²) in [7, 11) is 0. The van der Waals surface area contributed by atoms with Crippen molar-refractivity contribution >= 4 is 45.0 Å². The summed E-state index contributed by atoms with van der Waals surface area (Å²) in [5, 5.41) is 2.33. The highest BCUT2D eigenvalue weighted by atomic mass is 16.3. The fourth-order valence-electron chi connectivity index (χ4n) is 9.10. The number of hydrogen-bond donors (Lipinski definition) is 0. The molecule has 11 rings (SSSR count). The number of furan rings is 1. The lowest BCUT2D eigenvalue weighted by atomic mass is 9.32. The number of fused-ring (bicyclic) bond motifs is 15. The Kier molecular flexibility index (Phi) is 4.40. The fourth-order valence-corrected chi connectivity index (χ4v) is 9.10. The van der Waals surface area contributed by atoms with Crippen LogP contribution in [-0.4, -0.2) is 6.71 Å². The van der Waals surface area contributed by atoms with Gasteiger partial charge < -0.3 is 4.42 Å². The summed E-state index contributed by atoms with van der Waals surface area (Å²) in [5.41, 5.74) is 19.3. The molecule has 1 aliphatic carbocycles. The average Bonchev–Trinajstić information content (AvgIpc) is 3.74. The van der Waals surface area contributed by atoms with Gasteiger partial charge in [0.15, 0.2) is 0 Å². The lowest BCUT2D eigenvalue weighted by Gasteiger charge is -2.42. The third kappa shape index (κ3) is 2.82. The van der Waals surface area contributed by atoms with Crippen molar-refractivity contribution in [1.29, 1.82) is 0 Å². The smallest absolute Gasteiger partial charge is 0.243 e. The van der Waals surface area contributed by atoms with Crippen LogP contribution in [0.25, 0.3) is 55.3 Å². The normalized spacial score (nSPS) is 14.4. The standard InChI is InChI=1S/C43H25BO/c1-4-14-34-28(10-1)29-11-2-5-15-35(29)43(34)36-16-6-7-18-38(36)44-39-25-27(20-22-30(39)32-13-9-17-37(43)42(32)44)26-21-23-41-33(24-26)31-12-3-8-19-40(31)45-41/h1-25H. The molecular weight excluding hydrogens is 543 g/mol. The Morgan fingerprint density at radius 3 is 1.87 bits per heavy atom. The van der Waals surface area contributed by atoms with Gasteiger partial charge in [0.25, 0.3) is 0 Å². The summed E-state index contributed by atoms with van der Waals surface area (Å²) >= 11 is 0. The van der Waals surface area contributed by atoms with Crippen molar-refractivity contribution in [2.75, 3.05) is 0 Å². The van der Waals surface area contributed by atoms with Crippen LogP contribution in [0, 0.1) is 0 Å². The maximum atomic E-state index is 6.15. The van der Waals surface area contributed by atoms with E-state index >= 15 is 0 Å². The molecule has 8 aromatic rings. The highest BCUT2D eigenvalue weighted by Crippen LogP contribution is 2.57. The topological polar surface area (TPSA) is 13.1 Å². The Labute approximate surface area is 261 Å². The molecule has 206 valence electrons. The van der Waals surface area contributed by atoms with Crippen LogP contribution < -0.4 is 16.4 Å². The van der Waals surface area contributed by atoms with E-state index in [1.807, 2.05) is 12.1 Å². The minimum atomic E-state index is -0.343. The molecule has 3 heterocycles. The molecule has 0 bridgehead atoms. The molecule has 0 fully saturated rings. The van der Waals surface area contributed by atoms with E-state index < -0.39 is 0 Å². The molecule has 1 spiro atoms. The van der Waals surface area contributed by atoms with Crippen LogP contribution in [0.5, 0.6) is 0 Å². The molecular formula is C43H25BO. The van der Waals surface area contributed by atoms with E-state index in [1.165, 1.54) is 72.0 Å². The first kappa shape index (κ1) is 23.8. The van der Waals surface area contributed by atoms with E-state index in [2.05, 4.69) is 140 Å². The van der Waals surface area contributed by atoms with Gasteiger partial charge in [-0.1, -0.05) is 150 Å². The zero-order valence-electron chi connectivity index (χ0n) is 24.4. The Hall–Kier alpha value is -5.60. The molecule has 0 atom stereocenters. The first-order valence-corrected chi connectivity index (χ1v) is 15.8. The molecule has 2 heteroatoms. The van der Waals surface area contributed by atoms with Gasteiger partial charge in [0, 0.05) is 10.8 Å². The van der Waals surface area contributed by atoms with Gasteiger partial charge in [0.2, 0.25) is 6.71 Å². The van der Waals surface area contributed by atoms with Gasteiger partial charge in [-0.05, 0) is 73.8 Å². The van der Waals surface area contributed by atoms with E-state index in [-0.39, 0.29) is 12.1 Å². The zero-order valence-corrected chi connectivity index (χ0v) is 24.4. The van der Waals surface area contributed by atoms with Crippen LogP contribution in [0.4, 0.5) is 0 Å². The summed E-state index contributed by atoms with van der Waals surface area (Å²) in [6.07, 6.45) is 0. The van der Waals surface area contributed by atoms with E-state index in [1.54, 1.807) is 0 Å². The van der Waals surface area contributed by atoms with Gasteiger partial charge in [-0.25, -0.2) is 0 Å². The predicted molar refractivity (Wildman–Crippen MR) is 187 cm³/mol. The maximum Gasteiger partial charge on any atom is 0.243 e. The summed E-state index contributed by atoms with van der Waals surface area (Å²) in [4.78, 5) is 0. The van der Waals surface area contributed by atoms with E-state index in [0.29, 0.717) is 0 Å². The zero-order chi connectivity index (χ0) is 29.3. The number of para-hydroxylation sites is 1. The molecule has 1 nitrogen and oxygen atoms in total. The quantitative estimate of drug-likeness (QED) is 0.181. The largest absolute Gasteiger partial charge is 0.456 e. The Balaban J connectivity index is 1.18. The van der Waals surface area contributed by atoms with Crippen molar-refractivity contribution in [2.24, 2.45) is 0 Å². The van der Waals surface area contributed by atoms with Gasteiger partial charge in [-0.2, -0.15) is 0 Å². The lowest BCUT2D eigenvalue weighted by Crippen LogP contribution is -2.59. The summed E-state index contributed by atoms with van der Waals surface area (Å²) < 4.78 is 6.15. The first-order chi connectivity index (χ1) is 22.3. The second-order valence-corrected chi connectivity index (χ2v) is 12.7. The summed E-state index contributed by atoms with van der Waals surface area (Å²) in [6, 6.07) is 56.5. The molecule has 0 unspecified atom stereocenters. The Morgan fingerprint density at radius 1 is 0.400 bits per heavy atom. The van der Waals surface area contributed by atoms with Crippen LogP contribution >= 0.6 is 0 Å². The highest BCUT2D eigenvalue weighted by molar-refractivity contribution is 7.00. The monoisotopic (exact) mass is 568 g/mol. The second kappa shape index (κ2) is 8.31. The molecule has 7 aromatic carbocycles. The highest BCUT2D eigenvalue weighted by Gasteiger charge is 2.54. The fraction of sp³-hybridized carbons (Fsp3) is 0.0233. The van der Waals surface area contributed by atoms with E-state index in [4.69, 9.17) is 4.42 Å². The molecule has 0 saturated carbocycles. The van der Waals surface area contributed by atoms with Gasteiger partial charge >= 0.3 is 0 Å². The molecule has 0 N–H and O–H groups in total. The van der Waals surface area contributed by atoms with Crippen molar-refractivity contribution in [1.82, 2.24) is 0 Å². The number of rotatable bonds is 1. The SMILES string of the molecule is c1ccc2c(c1)B1c3cc(-c4ccc5oc6ccccc6c5c4)ccc3-c3cccc(c31)C21c2ccccc2-c2ccccc21. The number of hydrogen-bond acceptors (Lipinski definition) is 1. The van der Waals surface area contributed by atoms with Crippen molar-refractivity contribution in [3.05, 3.63) is 174 Å². The van der Waals surface area contributed by atoms with Gasteiger partial charge in [0.1, 0.15) is 11.2 Å². The third-order valence-electron chi connectivity index (χ3n) is 10.8.